The monoisotopic (exact) mass is 277 g/mol. The minimum absolute atomic E-state index is 0.0209. The van der Waals surface area contributed by atoms with Crippen molar-refractivity contribution in [2.75, 3.05) is 26.7 Å². The molecule has 108 valence electrons. The van der Waals surface area contributed by atoms with Crippen LogP contribution in [0.15, 0.2) is 24.3 Å². The molecule has 1 N–H and O–H groups in total. The first-order valence-corrected chi connectivity index (χ1v) is 7.08. The number of carbonyl (C=O) groups excluding carboxylic acids is 1. The first kappa shape index (κ1) is 13.4. The van der Waals surface area contributed by atoms with Gasteiger partial charge in [-0.15, -0.1) is 0 Å². The molecular formula is C15H20FN3O. The van der Waals surface area contributed by atoms with Crippen molar-refractivity contribution < 1.29 is 9.18 Å². The molecule has 2 aliphatic rings. The number of benzene rings is 1. The Kier molecular flexibility index (Phi) is 3.38. The number of carbonyl (C=O) groups is 1. The van der Waals surface area contributed by atoms with Crippen molar-refractivity contribution in [2.24, 2.45) is 0 Å². The Hall–Kier alpha value is -1.62. The van der Waals surface area contributed by atoms with Crippen LogP contribution in [0.4, 0.5) is 9.18 Å². The first-order chi connectivity index (χ1) is 9.61. The topological polar surface area (TPSA) is 35.6 Å². The molecule has 4 nitrogen and oxygen atoms in total. The number of likely N-dealkylation sites (N-methyl/N-ethyl adjacent to an activating group) is 1. The molecule has 5 heteroatoms. The molecule has 0 aromatic heterocycles. The van der Waals surface area contributed by atoms with Crippen molar-refractivity contribution >= 4 is 6.03 Å². The van der Waals surface area contributed by atoms with E-state index in [1.54, 1.807) is 6.07 Å². The Labute approximate surface area is 118 Å². The molecule has 0 unspecified atom stereocenters. The van der Waals surface area contributed by atoms with Crippen LogP contribution in [-0.4, -0.2) is 48.1 Å². The van der Waals surface area contributed by atoms with E-state index >= 15 is 0 Å². The van der Waals surface area contributed by atoms with Crippen LogP contribution in [0.3, 0.4) is 0 Å². The highest BCUT2D eigenvalue weighted by molar-refractivity contribution is 5.77. The van der Waals surface area contributed by atoms with Gasteiger partial charge in [-0.25, -0.2) is 9.18 Å². The van der Waals surface area contributed by atoms with Gasteiger partial charge in [-0.1, -0.05) is 18.2 Å². The van der Waals surface area contributed by atoms with Crippen molar-refractivity contribution in [1.82, 2.24) is 15.1 Å². The van der Waals surface area contributed by atoms with Crippen LogP contribution in [0.2, 0.25) is 0 Å². The fourth-order valence-corrected chi connectivity index (χ4v) is 3.20. The van der Waals surface area contributed by atoms with E-state index in [4.69, 9.17) is 0 Å². The molecule has 2 fully saturated rings. The van der Waals surface area contributed by atoms with Crippen LogP contribution in [0, 0.1) is 5.82 Å². The second-order valence-electron chi connectivity index (χ2n) is 5.81. The van der Waals surface area contributed by atoms with E-state index in [0.717, 1.165) is 38.0 Å². The molecule has 0 atom stereocenters. The van der Waals surface area contributed by atoms with Gasteiger partial charge in [0.25, 0.3) is 0 Å². The predicted octanol–water partition coefficient (Wildman–Crippen LogP) is 1.82. The molecule has 1 spiro atoms. The van der Waals surface area contributed by atoms with Crippen molar-refractivity contribution in [3.05, 3.63) is 35.6 Å². The largest absolute Gasteiger partial charge is 0.336 e. The molecule has 1 aromatic rings. The van der Waals surface area contributed by atoms with E-state index in [1.165, 1.54) is 6.07 Å². The second kappa shape index (κ2) is 5.05. The van der Waals surface area contributed by atoms with Crippen LogP contribution < -0.4 is 5.32 Å². The standard InChI is InChI=1S/C15H20FN3O/c1-18-14(20)17-11-15(18)6-8-19(9-7-15)10-12-4-2-3-5-13(12)16/h2-5H,6-11H2,1H3,(H,17,20). The van der Waals surface area contributed by atoms with Crippen LogP contribution in [0.25, 0.3) is 0 Å². The van der Waals surface area contributed by atoms with Crippen molar-refractivity contribution in [3.8, 4) is 0 Å². The molecule has 20 heavy (non-hydrogen) atoms. The van der Waals surface area contributed by atoms with Crippen LogP contribution in [0.1, 0.15) is 18.4 Å². The molecule has 2 amide bonds. The normalized spacial score (nSPS) is 22.3. The summed E-state index contributed by atoms with van der Waals surface area (Å²) in [6.07, 6.45) is 1.88. The zero-order valence-corrected chi connectivity index (χ0v) is 11.7. The smallest absolute Gasteiger partial charge is 0.317 e. The molecule has 2 aliphatic heterocycles. The average Bonchev–Trinajstić information content (AvgIpc) is 2.73. The number of amides is 2. The summed E-state index contributed by atoms with van der Waals surface area (Å²) in [7, 11) is 1.87. The summed E-state index contributed by atoms with van der Waals surface area (Å²) in [5, 5.41) is 2.91. The van der Waals surface area contributed by atoms with E-state index in [1.807, 2.05) is 24.1 Å². The van der Waals surface area contributed by atoms with Crippen LogP contribution in [-0.2, 0) is 6.54 Å². The first-order valence-electron chi connectivity index (χ1n) is 7.08. The lowest BCUT2D eigenvalue weighted by Crippen LogP contribution is -2.52. The van der Waals surface area contributed by atoms with E-state index < -0.39 is 0 Å². The van der Waals surface area contributed by atoms with Crippen molar-refractivity contribution in [3.63, 3.8) is 0 Å². The Bertz CT molecular complexity index is 512. The minimum atomic E-state index is -0.136. The summed E-state index contributed by atoms with van der Waals surface area (Å²) >= 11 is 0. The van der Waals surface area contributed by atoms with Crippen LogP contribution in [0.5, 0.6) is 0 Å². The summed E-state index contributed by atoms with van der Waals surface area (Å²) in [5.41, 5.74) is 0.709. The quantitative estimate of drug-likeness (QED) is 0.895. The Balaban J connectivity index is 1.62. The molecule has 2 saturated heterocycles. The maximum absolute atomic E-state index is 13.7. The SMILES string of the molecule is CN1C(=O)NCC12CCN(Cc1ccccc1F)CC2. The van der Waals surface area contributed by atoms with E-state index in [9.17, 15) is 9.18 Å². The number of nitrogens with zero attached hydrogens (tertiary/aromatic N) is 2. The number of likely N-dealkylation sites (tertiary alicyclic amines) is 1. The van der Waals surface area contributed by atoms with Gasteiger partial charge in [-0.05, 0) is 18.9 Å². The van der Waals surface area contributed by atoms with Gasteiger partial charge < -0.3 is 10.2 Å². The molecule has 0 radical (unpaired) electrons. The Morgan fingerprint density at radius 2 is 2.00 bits per heavy atom. The highest BCUT2D eigenvalue weighted by atomic mass is 19.1. The highest BCUT2D eigenvalue weighted by Gasteiger charge is 2.44. The molecular weight excluding hydrogens is 257 g/mol. The number of hydrogen-bond acceptors (Lipinski definition) is 2. The van der Waals surface area contributed by atoms with Gasteiger partial charge in [-0.2, -0.15) is 0 Å². The minimum Gasteiger partial charge on any atom is -0.336 e. The van der Waals surface area contributed by atoms with Crippen LogP contribution >= 0.6 is 0 Å². The van der Waals surface area contributed by atoms with Crippen molar-refractivity contribution in [2.45, 2.75) is 24.9 Å². The summed E-state index contributed by atoms with van der Waals surface area (Å²) in [4.78, 5) is 15.7. The number of piperidine rings is 1. The maximum atomic E-state index is 13.7. The van der Waals surface area contributed by atoms with Gasteiger partial charge in [-0.3, -0.25) is 4.90 Å². The molecule has 0 aliphatic carbocycles. The third-order valence-corrected chi connectivity index (χ3v) is 4.72. The third-order valence-electron chi connectivity index (χ3n) is 4.72. The van der Waals surface area contributed by atoms with Gasteiger partial charge in [0, 0.05) is 38.8 Å². The molecule has 3 rings (SSSR count). The Morgan fingerprint density at radius 1 is 1.30 bits per heavy atom. The number of hydrogen-bond donors (Lipinski definition) is 1. The van der Waals surface area contributed by atoms with E-state index in [2.05, 4.69) is 10.2 Å². The summed E-state index contributed by atoms with van der Waals surface area (Å²) in [6.45, 7) is 3.17. The molecule has 0 bridgehead atoms. The number of halogens is 1. The second-order valence-corrected chi connectivity index (χ2v) is 5.81. The molecule has 0 saturated carbocycles. The molecule has 1 aromatic carbocycles. The number of rotatable bonds is 2. The van der Waals surface area contributed by atoms with Crippen molar-refractivity contribution in [1.29, 1.82) is 0 Å². The van der Waals surface area contributed by atoms with Gasteiger partial charge in [0.2, 0.25) is 0 Å². The maximum Gasteiger partial charge on any atom is 0.317 e. The van der Waals surface area contributed by atoms with E-state index in [-0.39, 0.29) is 17.4 Å². The Morgan fingerprint density at radius 3 is 2.60 bits per heavy atom. The lowest BCUT2D eigenvalue weighted by Gasteiger charge is -2.42. The summed E-state index contributed by atoms with van der Waals surface area (Å²) < 4.78 is 13.7. The summed E-state index contributed by atoms with van der Waals surface area (Å²) in [5.74, 6) is -0.136. The van der Waals surface area contributed by atoms with Gasteiger partial charge in [0.15, 0.2) is 0 Å². The van der Waals surface area contributed by atoms with Gasteiger partial charge in [0.1, 0.15) is 5.82 Å². The zero-order valence-electron chi connectivity index (χ0n) is 11.7. The number of nitrogens with one attached hydrogen (secondary N) is 1. The van der Waals surface area contributed by atoms with E-state index in [0.29, 0.717) is 6.54 Å². The lowest BCUT2D eigenvalue weighted by atomic mass is 9.87. The average molecular weight is 277 g/mol. The zero-order chi connectivity index (χ0) is 14.2. The highest BCUT2D eigenvalue weighted by Crippen LogP contribution is 2.31. The fraction of sp³-hybridized carbons (Fsp3) is 0.533. The predicted molar refractivity (Wildman–Crippen MR) is 74.8 cm³/mol. The van der Waals surface area contributed by atoms with Gasteiger partial charge >= 0.3 is 6.03 Å². The number of urea groups is 1. The fourth-order valence-electron chi connectivity index (χ4n) is 3.20. The summed E-state index contributed by atoms with van der Waals surface area (Å²) in [6, 6.07) is 6.96. The third kappa shape index (κ3) is 2.26. The lowest BCUT2D eigenvalue weighted by molar-refractivity contribution is 0.0865. The van der Waals surface area contributed by atoms with Gasteiger partial charge in [0.05, 0.1) is 5.54 Å². The molecule has 2 heterocycles.